The summed E-state index contributed by atoms with van der Waals surface area (Å²) in [5.41, 5.74) is 2.10. The summed E-state index contributed by atoms with van der Waals surface area (Å²) in [6.45, 7) is 6.10. The van der Waals surface area contributed by atoms with Crippen molar-refractivity contribution in [3.8, 4) is 35.0 Å². The first kappa shape index (κ1) is 24.6. The minimum absolute atomic E-state index is 0.489. The molecule has 2 aromatic carbocycles. The van der Waals surface area contributed by atoms with Gasteiger partial charge in [-0.1, -0.05) is 0 Å². The maximum Gasteiger partial charge on any atom is 0.412 e. The van der Waals surface area contributed by atoms with Gasteiger partial charge >= 0.3 is 6.09 Å². The molecule has 0 aliphatic heterocycles. The van der Waals surface area contributed by atoms with E-state index < -0.39 is 11.7 Å². The molecule has 178 valence electrons. The normalized spacial score (nSPS) is 10.9. The van der Waals surface area contributed by atoms with Crippen LogP contribution in [-0.4, -0.2) is 42.4 Å². The number of terminal acetylenes is 1. The maximum atomic E-state index is 12.6. The molecule has 0 unspecified atom stereocenters. The number of amides is 1. The maximum absolute atomic E-state index is 12.6. The number of unbranched alkanes of at least 4 members (excludes halogenated alkanes) is 1. The zero-order valence-corrected chi connectivity index (χ0v) is 20.2. The molecule has 1 aromatic heterocycles. The summed E-state index contributed by atoms with van der Waals surface area (Å²) in [5.74, 6) is 4.35. The smallest absolute Gasteiger partial charge is 0.412 e. The van der Waals surface area contributed by atoms with E-state index in [9.17, 15) is 4.79 Å². The average Bonchev–Trinajstić information content (AvgIpc) is 2.79. The molecule has 0 bridgehead atoms. The second-order valence-corrected chi connectivity index (χ2v) is 8.61. The Bertz CT molecular complexity index is 1190. The summed E-state index contributed by atoms with van der Waals surface area (Å²) < 4.78 is 16.3. The number of carbonyl (C=O) groups is 1. The topological polar surface area (TPSA) is 94.6 Å². The summed E-state index contributed by atoms with van der Waals surface area (Å²) in [4.78, 5) is 21.6. The largest absolute Gasteiger partial charge is 0.497 e. The van der Waals surface area contributed by atoms with Gasteiger partial charge in [-0.25, -0.2) is 14.8 Å². The first-order valence-corrected chi connectivity index (χ1v) is 10.9. The number of hydrogen-bond acceptors (Lipinski definition) is 7. The molecule has 0 aliphatic rings. The van der Waals surface area contributed by atoms with Crippen molar-refractivity contribution >= 4 is 28.6 Å². The van der Waals surface area contributed by atoms with Gasteiger partial charge in [0.15, 0.2) is 0 Å². The van der Waals surface area contributed by atoms with E-state index >= 15 is 0 Å². The van der Waals surface area contributed by atoms with E-state index in [0.29, 0.717) is 41.6 Å². The van der Waals surface area contributed by atoms with Crippen LogP contribution in [0, 0.1) is 12.3 Å². The lowest BCUT2D eigenvalue weighted by Crippen LogP contribution is -2.27. The summed E-state index contributed by atoms with van der Waals surface area (Å²) in [6, 6.07) is 9.23. The number of nitrogens with one attached hydrogen (secondary N) is 2. The number of rotatable bonds is 8. The van der Waals surface area contributed by atoms with Gasteiger partial charge in [0, 0.05) is 36.2 Å². The van der Waals surface area contributed by atoms with E-state index in [1.54, 1.807) is 32.5 Å². The number of hydrogen-bond donors (Lipinski definition) is 2. The van der Waals surface area contributed by atoms with Crippen LogP contribution in [0.4, 0.5) is 16.4 Å². The number of fused-ring (bicyclic) bond motifs is 1. The Morgan fingerprint density at radius 1 is 1.09 bits per heavy atom. The molecule has 8 nitrogen and oxygen atoms in total. The lowest BCUT2D eigenvalue weighted by molar-refractivity contribution is 0.0636. The molecule has 2 N–H and O–H groups in total. The van der Waals surface area contributed by atoms with Crippen LogP contribution in [0.3, 0.4) is 0 Å². The summed E-state index contributed by atoms with van der Waals surface area (Å²) in [7, 11) is 3.18. The number of nitrogens with zero attached hydrogens (tertiary/aromatic N) is 2. The van der Waals surface area contributed by atoms with Crippen molar-refractivity contribution in [3.63, 3.8) is 0 Å². The van der Waals surface area contributed by atoms with Gasteiger partial charge in [-0.2, -0.15) is 0 Å². The third kappa shape index (κ3) is 6.51. The number of anilines is 2. The molecule has 1 amide bonds. The molecule has 1 heterocycles. The third-order valence-corrected chi connectivity index (χ3v) is 4.80. The molecular weight excluding hydrogens is 432 g/mol. The fraction of sp³-hybridized carbons (Fsp3) is 0.346. The molecule has 0 atom stereocenters. The standard InChI is InChI=1S/C26H30N4O4/c1-7-8-9-10-27-24-28-16-18-13-21(17-11-19(32-5)14-20(12-17)33-6)23(15-22(18)29-24)30-25(31)34-26(2,3)4/h1,11-16H,8-10H2,2-6H3,(H,30,31)(H,27,28,29). The summed E-state index contributed by atoms with van der Waals surface area (Å²) in [6.07, 6.45) is 7.98. The molecule has 3 rings (SSSR count). The molecule has 3 aromatic rings. The second kappa shape index (κ2) is 10.8. The van der Waals surface area contributed by atoms with Gasteiger partial charge in [-0.05, 0) is 57.0 Å². The Labute approximate surface area is 200 Å². The van der Waals surface area contributed by atoms with Crippen LogP contribution in [0.5, 0.6) is 11.5 Å². The van der Waals surface area contributed by atoms with E-state index in [0.717, 1.165) is 22.9 Å². The molecule has 0 fully saturated rings. The fourth-order valence-electron chi connectivity index (χ4n) is 3.27. The molecule has 0 spiro atoms. The highest BCUT2D eigenvalue weighted by Gasteiger charge is 2.19. The van der Waals surface area contributed by atoms with Crippen LogP contribution in [-0.2, 0) is 4.74 Å². The molecule has 0 saturated heterocycles. The summed E-state index contributed by atoms with van der Waals surface area (Å²) in [5, 5.41) is 6.85. The van der Waals surface area contributed by atoms with Gasteiger partial charge in [0.2, 0.25) is 5.95 Å². The van der Waals surface area contributed by atoms with Crippen LogP contribution in [0.2, 0.25) is 0 Å². The predicted molar refractivity (Wildman–Crippen MR) is 134 cm³/mol. The van der Waals surface area contributed by atoms with E-state index in [4.69, 9.17) is 20.6 Å². The molecular formula is C26H30N4O4. The molecule has 8 heteroatoms. The Balaban J connectivity index is 2.06. The van der Waals surface area contributed by atoms with Crippen molar-refractivity contribution in [2.24, 2.45) is 0 Å². The fourth-order valence-corrected chi connectivity index (χ4v) is 3.27. The summed E-state index contributed by atoms with van der Waals surface area (Å²) >= 11 is 0. The Morgan fingerprint density at radius 2 is 1.79 bits per heavy atom. The van der Waals surface area contributed by atoms with Crippen molar-refractivity contribution in [2.45, 2.75) is 39.2 Å². The Kier molecular flexibility index (Phi) is 7.79. The first-order valence-electron chi connectivity index (χ1n) is 10.9. The Morgan fingerprint density at radius 3 is 2.41 bits per heavy atom. The van der Waals surface area contributed by atoms with E-state index in [2.05, 4.69) is 26.5 Å². The highest BCUT2D eigenvalue weighted by molar-refractivity contribution is 5.98. The van der Waals surface area contributed by atoms with E-state index in [-0.39, 0.29) is 0 Å². The predicted octanol–water partition coefficient (Wildman–Crippen LogP) is 5.49. The van der Waals surface area contributed by atoms with Gasteiger partial charge in [-0.15, -0.1) is 12.3 Å². The van der Waals surface area contributed by atoms with Crippen molar-refractivity contribution in [1.29, 1.82) is 0 Å². The lowest BCUT2D eigenvalue weighted by Gasteiger charge is -2.21. The monoisotopic (exact) mass is 462 g/mol. The van der Waals surface area contributed by atoms with E-state index in [1.165, 1.54) is 0 Å². The van der Waals surface area contributed by atoms with Crippen LogP contribution < -0.4 is 20.1 Å². The number of benzene rings is 2. The van der Waals surface area contributed by atoms with Gasteiger partial charge in [0.05, 0.1) is 25.4 Å². The number of methoxy groups -OCH3 is 2. The first-order chi connectivity index (χ1) is 16.2. The second-order valence-electron chi connectivity index (χ2n) is 8.61. The number of carbonyl (C=O) groups excluding carboxylic acids is 1. The molecule has 34 heavy (non-hydrogen) atoms. The van der Waals surface area contributed by atoms with E-state index in [1.807, 2.05) is 39.0 Å². The zero-order chi connectivity index (χ0) is 24.7. The highest BCUT2D eigenvalue weighted by atomic mass is 16.6. The van der Waals surface area contributed by atoms with Gasteiger partial charge in [0.1, 0.15) is 17.1 Å². The molecule has 0 aliphatic carbocycles. The van der Waals surface area contributed by atoms with Crippen molar-refractivity contribution in [3.05, 3.63) is 36.5 Å². The van der Waals surface area contributed by atoms with Gasteiger partial charge in [-0.3, -0.25) is 5.32 Å². The van der Waals surface area contributed by atoms with Crippen molar-refractivity contribution < 1.29 is 19.0 Å². The van der Waals surface area contributed by atoms with Crippen LogP contribution in [0.15, 0.2) is 36.5 Å². The third-order valence-electron chi connectivity index (χ3n) is 4.80. The molecule has 0 radical (unpaired) electrons. The highest BCUT2D eigenvalue weighted by Crippen LogP contribution is 2.36. The van der Waals surface area contributed by atoms with Gasteiger partial charge < -0.3 is 19.5 Å². The van der Waals surface area contributed by atoms with Crippen molar-refractivity contribution in [2.75, 3.05) is 31.4 Å². The lowest BCUT2D eigenvalue weighted by atomic mass is 10.0. The minimum atomic E-state index is -0.641. The van der Waals surface area contributed by atoms with Crippen LogP contribution in [0.25, 0.3) is 22.0 Å². The van der Waals surface area contributed by atoms with Gasteiger partial charge in [0.25, 0.3) is 0 Å². The average molecular weight is 463 g/mol. The Hall–Kier alpha value is -3.99. The van der Waals surface area contributed by atoms with Crippen molar-refractivity contribution in [1.82, 2.24) is 9.97 Å². The number of aromatic nitrogens is 2. The quantitative estimate of drug-likeness (QED) is 0.338. The van der Waals surface area contributed by atoms with Crippen LogP contribution >= 0.6 is 0 Å². The number of ether oxygens (including phenoxy) is 3. The minimum Gasteiger partial charge on any atom is -0.497 e. The zero-order valence-electron chi connectivity index (χ0n) is 20.2. The molecule has 0 saturated carbocycles. The van der Waals surface area contributed by atoms with Crippen LogP contribution in [0.1, 0.15) is 33.6 Å². The SMILES string of the molecule is C#CCCCNc1ncc2cc(-c3cc(OC)cc(OC)c3)c(NC(=O)OC(C)(C)C)cc2n1.